The molecule has 2 N–H and O–H groups in total. The average Bonchev–Trinajstić information content (AvgIpc) is 2.93. The van der Waals surface area contributed by atoms with Crippen molar-refractivity contribution in [3.63, 3.8) is 0 Å². The molecule has 0 aromatic carbocycles. The van der Waals surface area contributed by atoms with E-state index >= 15 is 0 Å². The van der Waals surface area contributed by atoms with Gasteiger partial charge in [-0.15, -0.1) is 0 Å². The van der Waals surface area contributed by atoms with Gasteiger partial charge in [0.1, 0.15) is 11.6 Å². The molecule has 6 heteroatoms. The first-order chi connectivity index (χ1) is 11.7. The van der Waals surface area contributed by atoms with E-state index in [1.54, 1.807) is 12.4 Å². The van der Waals surface area contributed by atoms with Crippen LogP contribution >= 0.6 is 0 Å². The van der Waals surface area contributed by atoms with Gasteiger partial charge in [-0.25, -0.2) is 9.37 Å². The van der Waals surface area contributed by atoms with Crippen molar-refractivity contribution in [2.24, 2.45) is 0 Å². The molecule has 120 valence electrons. The van der Waals surface area contributed by atoms with E-state index in [1.165, 1.54) is 12.1 Å². The van der Waals surface area contributed by atoms with Crippen LogP contribution in [0, 0.1) is 5.82 Å². The molecule has 0 radical (unpaired) electrons. The maximum absolute atomic E-state index is 12.9. The van der Waals surface area contributed by atoms with E-state index in [0.29, 0.717) is 11.4 Å². The number of hydrogen-bond acceptors (Lipinski definition) is 3. The lowest BCUT2D eigenvalue weighted by atomic mass is 10.0. The first kappa shape index (κ1) is 14.6. The van der Waals surface area contributed by atoms with Crippen molar-refractivity contribution in [2.45, 2.75) is 19.3 Å². The largest absolute Gasteiger partial charge is 0.364 e. The third kappa shape index (κ3) is 2.56. The monoisotopic (exact) mass is 322 g/mol. The highest BCUT2D eigenvalue weighted by molar-refractivity contribution is 6.08. The summed E-state index contributed by atoms with van der Waals surface area (Å²) in [4.78, 5) is 24.2. The van der Waals surface area contributed by atoms with Gasteiger partial charge >= 0.3 is 0 Å². The van der Waals surface area contributed by atoms with E-state index in [0.717, 1.165) is 48.0 Å². The second-order valence-electron chi connectivity index (χ2n) is 5.74. The van der Waals surface area contributed by atoms with Crippen molar-refractivity contribution in [3.05, 3.63) is 65.5 Å². The Balaban J connectivity index is 1.73. The summed E-state index contributed by atoms with van der Waals surface area (Å²) in [5.41, 5.74) is 4.39. The summed E-state index contributed by atoms with van der Waals surface area (Å²) < 4.78 is 12.9. The average molecular weight is 322 g/mol. The second-order valence-corrected chi connectivity index (χ2v) is 5.74. The highest BCUT2D eigenvalue weighted by atomic mass is 19.1. The number of hydrogen-bond donors (Lipinski definition) is 2. The van der Waals surface area contributed by atoms with Crippen LogP contribution in [0.3, 0.4) is 0 Å². The molecule has 3 aromatic heterocycles. The highest BCUT2D eigenvalue weighted by Gasteiger charge is 2.24. The minimum atomic E-state index is -0.443. The lowest BCUT2D eigenvalue weighted by Crippen LogP contribution is -2.13. The number of halogens is 1. The minimum Gasteiger partial charge on any atom is -0.364 e. The zero-order valence-corrected chi connectivity index (χ0v) is 12.8. The number of anilines is 1. The number of fused-ring (bicyclic) bond motifs is 3. The van der Waals surface area contributed by atoms with Gasteiger partial charge in [0.25, 0.3) is 5.91 Å². The maximum Gasteiger partial charge on any atom is 0.259 e. The van der Waals surface area contributed by atoms with Crippen LogP contribution in [-0.2, 0) is 12.8 Å². The fraction of sp³-hybridized carbons (Fsp3) is 0.167. The molecule has 0 saturated heterocycles. The molecule has 3 heterocycles. The summed E-state index contributed by atoms with van der Waals surface area (Å²) in [6.07, 6.45) is 7.33. The normalized spacial score (nSPS) is 12.9. The number of carbonyl (C=O) groups excluding carboxylic acids is 1. The van der Waals surface area contributed by atoms with Crippen molar-refractivity contribution in [3.8, 4) is 11.3 Å². The predicted molar refractivity (Wildman–Crippen MR) is 88.2 cm³/mol. The zero-order chi connectivity index (χ0) is 16.5. The summed E-state index contributed by atoms with van der Waals surface area (Å²) in [5, 5.41) is 2.71. The topological polar surface area (TPSA) is 70.7 Å². The van der Waals surface area contributed by atoms with Crippen LogP contribution in [0.25, 0.3) is 11.3 Å². The minimum absolute atomic E-state index is 0.287. The number of carbonyl (C=O) groups is 1. The Hall–Kier alpha value is -3.02. The first-order valence-electron chi connectivity index (χ1n) is 7.80. The van der Waals surface area contributed by atoms with Crippen molar-refractivity contribution >= 4 is 11.7 Å². The number of H-pyrrole nitrogens is 1. The molecule has 24 heavy (non-hydrogen) atoms. The van der Waals surface area contributed by atoms with Gasteiger partial charge in [-0.3, -0.25) is 9.78 Å². The van der Waals surface area contributed by atoms with Gasteiger partial charge in [0, 0.05) is 23.7 Å². The van der Waals surface area contributed by atoms with Crippen molar-refractivity contribution < 1.29 is 9.18 Å². The maximum atomic E-state index is 12.9. The summed E-state index contributed by atoms with van der Waals surface area (Å²) >= 11 is 0. The van der Waals surface area contributed by atoms with Crippen LogP contribution in [-0.4, -0.2) is 20.9 Å². The van der Waals surface area contributed by atoms with E-state index < -0.39 is 5.82 Å². The van der Waals surface area contributed by atoms with Gasteiger partial charge in [0.05, 0.1) is 17.5 Å². The molecule has 0 saturated carbocycles. The Morgan fingerprint density at radius 1 is 1.21 bits per heavy atom. The lowest BCUT2D eigenvalue weighted by molar-refractivity contribution is 0.102. The van der Waals surface area contributed by atoms with Gasteiger partial charge in [0.15, 0.2) is 0 Å². The number of aryl methyl sites for hydroxylation is 2. The van der Waals surface area contributed by atoms with Crippen LogP contribution in [0.5, 0.6) is 0 Å². The van der Waals surface area contributed by atoms with E-state index in [1.807, 2.05) is 12.1 Å². The van der Waals surface area contributed by atoms with Crippen molar-refractivity contribution in [1.29, 1.82) is 0 Å². The highest BCUT2D eigenvalue weighted by Crippen LogP contribution is 2.33. The van der Waals surface area contributed by atoms with Crippen molar-refractivity contribution in [2.75, 3.05) is 5.32 Å². The van der Waals surface area contributed by atoms with Gasteiger partial charge in [-0.1, -0.05) is 6.07 Å². The molecule has 1 aliphatic carbocycles. The Kier molecular flexibility index (Phi) is 3.57. The quantitative estimate of drug-likeness (QED) is 0.760. The molecule has 0 fully saturated rings. The predicted octanol–water partition coefficient (Wildman–Crippen LogP) is 3.35. The van der Waals surface area contributed by atoms with Crippen LogP contribution in [0.15, 0.2) is 42.9 Å². The standard InChI is InChI=1S/C18H15FN4O/c19-12-6-7-15(22-9-12)23-18(24)13-10-21-14-5-1-3-11-4-2-8-20-17(11)16(13)14/h2,4,6-10,21H,1,3,5H2,(H,22,23,24). The fourth-order valence-corrected chi connectivity index (χ4v) is 3.07. The van der Waals surface area contributed by atoms with Crippen LogP contribution in [0.1, 0.15) is 28.0 Å². The molecular formula is C18H15FN4O. The molecule has 1 aliphatic rings. The lowest BCUT2D eigenvalue weighted by Gasteiger charge is -2.08. The summed E-state index contributed by atoms with van der Waals surface area (Å²) in [6, 6.07) is 6.66. The molecule has 3 aromatic rings. The number of nitrogens with zero attached hydrogens (tertiary/aromatic N) is 2. The van der Waals surface area contributed by atoms with Gasteiger partial charge in [0.2, 0.25) is 0 Å². The van der Waals surface area contributed by atoms with E-state index in [4.69, 9.17) is 0 Å². The van der Waals surface area contributed by atoms with E-state index in [-0.39, 0.29) is 5.91 Å². The van der Waals surface area contributed by atoms with Crippen LogP contribution in [0.4, 0.5) is 10.2 Å². The van der Waals surface area contributed by atoms with Gasteiger partial charge in [-0.2, -0.15) is 0 Å². The molecule has 5 nitrogen and oxygen atoms in total. The van der Waals surface area contributed by atoms with Crippen LogP contribution < -0.4 is 5.32 Å². The number of pyridine rings is 2. The summed E-state index contributed by atoms with van der Waals surface area (Å²) in [7, 11) is 0. The number of aromatic amines is 1. The second kappa shape index (κ2) is 5.88. The summed E-state index contributed by atoms with van der Waals surface area (Å²) in [6.45, 7) is 0. The fourth-order valence-electron chi connectivity index (χ4n) is 3.07. The molecular weight excluding hydrogens is 307 g/mol. The zero-order valence-electron chi connectivity index (χ0n) is 12.8. The molecule has 4 rings (SSSR count). The van der Waals surface area contributed by atoms with Gasteiger partial charge < -0.3 is 10.3 Å². The van der Waals surface area contributed by atoms with Crippen molar-refractivity contribution in [1.82, 2.24) is 15.0 Å². The number of nitrogens with one attached hydrogen (secondary N) is 2. The molecule has 0 spiro atoms. The van der Waals surface area contributed by atoms with Crippen LogP contribution in [0.2, 0.25) is 0 Å². The molecule has 1 amide bonds. The van der Waals surface area contributed by atoms with Gasteiger partial charge in [-0.05, 0) is 43.0 Å². The summed E-state index contributed by atoms with van der Waals surface area (Å²) in [5.74, 6) is -0.419. The number of amides is 1. The Labute approximate surface area is 138 Å². The Bertz CT molecular complexity index is 902. The molecule has 0 unspecified atom stereocenters. The first-order valence-corrected chi connectivity index (χ1v) is 7.80. The molecule has 0 atom stereocenters. The number of aromatic nitrogens is 3. The molecule has 0 bridgehead atoms. The molecule has 0 aliphatic heterocycles. The third-order valence-electron chi connectivity index (χ3n) is 4.18. The smallest absolute Gasteiger partial charge is 0.259 e. The van der Waals surface area contributed by atoms with E-state index in [9.17, 15) is 9.18 Å². The Morgan fingerprint density at radius 2 is 2.12 bits per heavy atom. The Morgan fingerprint density at radius 3 is 2.96 bits per heavy atom. The third-order valence-corrected chi connectivity index (χ3v) is 4.18. The number of rotatable bonds is 2. The van der Waals surface area contributed by atoms with E-state index in [2.05, 4.69) is 20.3 Å². The SMILES string of the molecule is O=C(Nc1ccc(F)cn1)c1c[nH]c2c1-c1ncccc1CCC2.